The third-order valence-electron chi connectivity index (χ3n) is 4.36. The lowest BCUT2D eigenvalue weighted by Crippen LogP contribution is -2.55. The Labute approximate surface area is 142 Å². The molecule has 1 aromatic rings. The lowest BCUT2D eigenvalue weighted by molar-refractivity contribution is -0.136. The maximum atomic E-state index is 13.7. The Morgan fingerprint density at radius 3 is 2.75 bits per heavy atom. The van der Waals surface area contributed by atoms with Gasteiger partial charge in [0, 0.05) is 19.1 Å². The summed E-state index contributed by atoms with van der Waals surface area (Å²) >= 11 is 0. The predicted molar refractivity (Wildman–Crippen MR) is 89.1 cm³/mol. The van der Waals surface area contributed by atoms with Gasteiger partial charge >= 0.3 is 0 Å². The highest BCUT2D eigenvalue weighted by Crippen LogP contribution is 2.23. The number of carbonyl (C=O) groups is 1. The van der Waals surface area contributed by atoms with Crippen molar-refractivity contribution in [3.8, 4) is 0 Å². The number of nitrogens with zero attached hydrogens (tertiary/aromatic N) is 1. The van der Waals surface area contributed by atoms with E-state index in [1.165, 1.54) is 25.1 Å². The molecule has 3 atom stereocenters. The highest BCUT2D eigenvalue weighted by molar-refractivity contribution is 7.89. The van der Waals surface area contributed by atoms with Gasteiger partial charge in [-0.2, -0.15) is 4.72 Å². The second-order valence-electron chi connectivity index (χ2n) is 6.32. The highest BCUT2D eigenvalue weighted by atomic mass is 32.2. The molecule has 1 saturated heterocycles. The highest BCUT2D eigenvalue weighted by Gasteiger charge is 2.33. The number of rotatable bonds is 5. The fourth-order valence-electron chi connectivity index (χ4n) is 3.02. The molecule has 0 bridgehead atoms. The standard InChI is InChI=1S/C16H24FN3O3S/c1-11-7-8-20(13(9-11)10-18)16(21)12(2)19-24(22,23)15-6-4-3-5-14(15)17/h3-6,11-13,19H,7-10,18H2,1-2H3. The molecule has 1 heterocycles. The van der Waals surface area contributed by atoms with Crippen LogP contribution in [0.5, 0.6) is 0 Å². The average molecular weight is 357 g/mol. The van der Waals surface area contributed by atoms with Gasteiger partial charge in [-0.05, 0) is 37.8 Å². The van der Waals surface area contributed by atoms with Gasteiger partial charge in [-0.15, -0.1) is 0 Å². The van der Waals surface area contributed by atoms with Crippen molar-refractivity contribution in [3.05, 3.63) is 30.1 Å². The van der Waals surface area contributed by atoms with E-state index < -0.39 is 26.8 Å². The largest absolute Gasteiger partial charge is 0.337 e. The minimum absolute atomic E-state index is 0.0957. The lowest BCUT2D eigenvalue weighted by atomic mass is 9.92. The molecule has 0 saturated carbocycles. The van der Waals surface area contributed by atoms with Gasteiger partial charge in [0.05, 0.1) is 6.04 Å². The van der Waals surface area contributed by atoms with Gasteiger partial charge in [0.25, 0.3) is 0 Å². The Kier molecular flexibility index (Phi) is 5.95. The van der Waals surface area contributed by atoms with Crippen molar-refractivity contribution in [2.45, 2.75) is 43.7 Å². The SMILES string of the molecule is CC1CCN(C(=O)C(C)NS(=O)(=O)c2ccccc2F)C(CN)C1. The number of amides is 1. The molecule has 6 nitrogen and oxygen atoms in total. The molecule has 24 heavy (non-hydrogen) atoms. The monoisotopic (exact) mass is 357 g/mol. The summed E-state index contributed by atoms with van der Waals surface area (Å²) in [5, 5.41) is 0. The van der Waals surface area contributed by atoms with Crippen LogP contribution in [0.1, 0.15) is 26.7 Å². The Balaban J connectivity index is 2.12. The maximum absolute atomic E-state index is 13.7. The number of nitrogens with two attached hydrogens (primary N) is 1. The third-order valence-corrected chi connectivity index (χ3v) is 5.94. The summed E-state index contributed by atoms with van der Waals surface area (Å²) in [5.41, 5.74) is 5.75. The molecule has 0 aliphatic carbocycles. The van der Waals surface area contributed by atoms with Gasteiger partial charge in [-0.25, -0.2) is 12.8 Å². The summed E-state index contributed by atoms with van der Waals surface area (Å²) in [6, 6.07) is 3.99. The van der Waals surface area contributed by atoms with Crippen molar-refractivity contribution in [2.75, 3.05) is 13.1 Å². The van der Waals surface area contributed by atoms with Crippen LogP contribution in [-0.4, -0.2) is 44.4 Å². The average Bonchev–Trinajstić information content (AvgIpc) is 2.53. The molecule has 1 aromatic carbocycles. The van der Waals surface area contributed by atoms with E-state index in [2.05, 4.69) is 11.6 Å². The molecule has 2 rings (SSSR count). The van der Waals surface area contributed by atoms with Crippen LogP contribution in [0.4, 0.5) is 4.39 Å². The summed E-state index contributed by atoms with van der Waals surface area (Å²) in [5.74, 6) is -0.707. The van der Waals surface area contributed by atoms with Gasteiger partial charge in [-0.3, -0.25) is 4.79 Å². The molecule has 0 aromatic heterocycles. The van der Waals surface area contributed by atoms with Gasteiger partial charge in [-0.1, -0.05) is 19.1 Å². The Bertz CT molecular complexity index is 696. The van der Waals surface area contributed by atoms with Crippen LogP contribution in [0.25, 0.3) is 0 Å². The van der Waals surface area contributed by atoms with Gasteiger partial charge < -0.3 is 10.6 Å². The molecule has 134 valence electrons. The number of nitrogens with one attached hydrogen (secondary N) is 1. The van der Waals surface area contributed by atoms with Crippen LogP contribution in [0.15, 0.2) is 29.2 Å². The number of carbonyl (C=O) groups excluding carboxylic acids is 1. The molecule has 3 N–H and O–H groups in total. The first-order valence-electron chi connectivity index (χ1n) is 8.03. The Morgan fingerprint density at radius 1 is 1.46 bits per heavy atom. The van der Waals surface area contributed by atoms with Crippen LogP contribution >= 0.6 is 0 Å². The molecule has 1 aliphatic rings. The molecule has 0 spiro atoms. The van der Waals surface area contributed by atoms with Gasteiger partial charge in [0.1, 0.15) is 10.7 Å². The van der Waals surface area contributed by atoms with E-state index in [1.54, 1.807) is 4.90 Å². The molecule has 1 amide bonds. The zero-order chi connectivity index (χ0) is 17.9. The molecule has 1 fully saturated rings. The number of hydrogen-bond donors (Lipinski definition) is 2. The van der Waals surface area contributed by atoms with E-state index in [9.17, 15) is 17.6 Å². The zero-order valence-corrected chi connectivity index (χ0v) is 14.7. The number of likely N-dealkylation sites (tertiary alicyclic amines) is 1. The van der Waals surface area contributed by atoms with Crippen molar-refractivity contribution in [1.82, 2.24) is 9.62 Å². The van der Waals surface area contributed by atoms with E-state index in [0.29, 0.717) is 19.0 Å². The second kappa shape index (κ2) is 7.58. The maximum Gasteiger partial charge on any atom is 0.244 e. The Hall–Kier alpha value is -1.51. The van der Waals surface area contributed by atoms with Crippen LogP contribution < -0.4 is 10.5 Å². The first kappa shape index (κ1) is 18.8. The number of halogens is 1. The van der Waals surface area contributed by atoms with E-state index in [4.69, 9.17) is 5.73 Å². The molecular formula is C16H24FN3O3S. The van der Waals surface area contributed by atoms with E-state index in [1.807, 2.05) is 0 Å². The van der Waals surface area contributed by atoms with Crippen LogP contribution in [-0.2, 0) is 14.8 Å². The van der Waals surface area contributed by atoms with Gasteiger partial charge in [0.15, 0.2) is 0 Å². The number of sulfonamides is 1. The summed E-state index contributed by atoms with van der Waals surface area (Å²) in [4.78, 5) is 13.8. The van der Waals surface area contributed by atoms with Crippen molar-refractivity contribution >= 4 is 15.9 Å². The smallest absolute Gasteiger partial charge is 0.244 e. The zero-order valence-electron chi connectivity index (χ0n) is 13.9. The molecule has 1 aliphatic heterocycles. The quantitative estimate of drug-likeness (QED) is 0.825. The van der Waals surface area contributed by atoms with E-state index >= 15 is 0 Å². The first-order chi connectivity index (χ1) is 11.3. The van der Waals surface area contributed by atoms with Crippen LogP contribution in [0.2, 0.25) is 0 Å². The molecular weight excluding hydrogens is 333 g/mol. The minimum Gasteiger partial charge on any atom is -0.337 e. The number of hydrogen-bond acceptors (Lipinski definition) is 4. The minimum atomic E-state index is -4.11. The van der Waals surface area contributed by atoms with E-state index in [0.717, 1.165) is 18.9 Å². The summed E-state index contributed by atoms with van der Waals surface area (Å²) in [7, 11) is -4.11. The van der Waals surface area contributed by atoms with Gasteiger partial charge in [0.2, 0.25) is 15.9 Å². The number of benzene rings is 1. The van der Waals surface area contributed by atoms with Crippen LogP contribution in [0, 0.1) is 11.7 Å². The van der Waals surface area contributed by atoms with Crippen molar-refractivity contribution < 1.29 is 17.6 Å². The second-order valence-corrected chi connectivity index (χ2v) is 8.01. The fraction of sp³-hybridized carbons (Fsp3) is 0.562. The van der Waals surface area contributed by atoms with Crippen molar-refractivity contribution in [1.29, 1.82) is 0 Å². The van der Waals surface area contributed by atoms with Crippen molar-refractivity contribution in [2.24, 2.45) is 11.7 Å². The molecule has 3 unspecified atom stereocenters. The Morgan fingerprint density at radius 2 is 2.12 bits per heavy atom. The van der Waals surface area contributed by atoms with E-state index in [-0.39, 0.29) is 11.9 Å². The molecule has 0 radical (unpaired) electrons. The first-order valence-corrected chi connectivity index (χ1v) is 9.52. The lowest BCUT2D eigenvalue weighted by Gasteiger charge is -2.39. The predicted octanol–water partition coefficient (Wildman–Crippen LogP) is 1.08. The summed E-state index contributed by atoms with van der Waals surface area (Å²) < 4.78 is 40.6. The third kappa shape index (κ3) is 4.12. The molecule has 8 heteroatoms. The normalized spacial score (nSPS) is 23.1. The topological polar surface area (TPSA) is 92.5 Å². The number of piperidine rings is 1. The fourth-order valence-corrected chi connectivity index (χ4v) is 4.30. The van der Waals surface area contributed by atoms with Crippen LogP contribution in [0.3, 0.4) is 0 Å². The summed E-state index contributed by atoms with van der Waals surface area (Å²) in [6.07, 6.45) is 1.66. The van der Waals surface area contributed by atoms with Crippen molar-refractivity contribution in [3.63, 3.8) is 0 Å². The summed E-state index contributed by atoms with van der Waals surface area (Å²) in [6.45, 7) is 4.46.